The molecule has 2 N–H and O–H groups in total. The molecule has 0 saturated carbocycles. The summed E-state index contributed by atoms with van der Waals surface area (Å²) in [6, 6.07) is 10.6. The van der Waals surface area contributed by atoms with E-state index in [4.69, 9.17) is 16.0 Å². The molecule has 0 aliphatic rings. The molecule has 0 unspecified atom stereocenters. The lowest BCUT2D eigenvalue weighted by Crippen LogP contribution is -2.36. The van der Waals surface area contributed by atoms with Crippen molar-refractivity contribution >= 4 is 17.6 Å². The van der Waals surface area contributed by atoms with E-state index in [0.717, 1.165) is 5.56 Å². The molecular weight excluding hydrogens is 264 g/mol. The third-order valence-electron chi connectivity index (χ3n) is 2.72. The fraction of sp³-hybridized carbons (Fsp3) is 0.214. The lowest BCUT2D eigenvalue weighted by atomic mass is 10.1. The van der Waals surface area contributed by atoms with Crippen LogP contribution in [0.5, 0.6) is 0 Å². The summed E-state index contributed by atoms with van der Waals surface area (Å²) in [6.45, 7) is 2.24. The van der Waals surface area contributed by atoms with Crippen LogP contribution in [0.25, 0.3) is 0 Å². The standard InChI is InChI=1S/C14H15ClN2O2/c1-10(12-6-2-3-7-13(12)15)17-14(18)16-9-11-5-4-8-19-11/h2-8,10H,9H2,1H3,(H2,16,17,18)/t10-/m1/s1. The molecule has 0 radical (unpaired) electrons. The van der Waals surface area contributed by atoms with Crippen LogP contribution in [-0.2, 0) is 6.54 Å². The second kappa shape index (κ2) is 6.29. The van der Waals surface area contributed by atoms with Crippen molar-refractivity contribution in [2.75, 3.05) is 0 Å². The minimum Gasteiger partial charge on any atom is -0.467 e. The zero-order chi connectivity index (χ0) is 13.7. The summed E-state index contributed by atoms with van der Waals surface area (Å²) in [5, 5.41) is 6.18. The number of carbonyl (C=O) groups is 1. The van der Waals surface area contributed by atoms with E-state index >= 15 is 0 Å². The number of furan rings is 1. The monoisotopic (exact) mass is 278 g/mol. The van der Waals surface area contributed by atoms with Gasteiger partial charge in [-0.1, -0.05) is 29.8 Å². The Hall–Kier alpha value is -1.94. The molecular formula is C14H15ClN2O2. The smallest absolute Gasteiger partial charge is 0.315 e. The van der Waals surface area contributed by atoms with Gasteiger partial charge in [-0.2, -0.15) is 0 Å². The summed E-state index contributed by atoms with van der Waals surface area (Å²) in [6.07, 6.45) is 1.57. The van der Waals surface area contributed by atoms with Crippen LogP contribution in [0.4, 0.5) is 4.79 Å². The van der Waals surface area contributed by atoms with Gasteiger partial charge in [0.1, 0.15) is 5.76 Å². The van der Waals surface area contributed by atoms with Crippen LogP contribution in [0.1, 0.15) is 24.3 Å². The average Bonchev–Trinajstić information content (AvgIpc) is 2.90. The molecule has 1 heterocycles. The fourth-order valence-corrected chi connectivity index (χ4v) is 2.03. The number of hydrogen-bond acceptors (Lipinski definition) is 2. The molecule has 0 spiro atoms. The Labute approximate surface area is 116 Å². The van der Waals surface area contributed by atoms with Crippen molar-refractivity contribution in [2.45, 2.75) is 19.5 Å². The molecule has 0 bridgehead atoms. The third kappa shape index (κ3) is 3.76. The fourth-order valence-electron chi connectivity index (χ4n) is 1.73. The third-order valence-corrected chi connectivity index (χ3v) is 3.07. The van der Waals surface area contributed by atoms with Gasteiger partial charge in [0.2, 0.25) is 0 Å². The predicted molar refractivity (Wildman–Crippen MR) is 73.9 cm³/mol. The van der Waals surface area contributed by atoms with Crippen molar-refractivity contribution in [1.29, 1.82) is 0 Å². The molecule has 0 aliphatic heterocycles. The van der Waals surface area contributed by atoms with Crippen molar-refractivity contribution in [3.63, 3.8) is 0 Å². The van der Waals surface area contributed by atoms with Gasteiger partial charge in [-0.15, -0.1) is 0 Å². The van der Waals surface area contributed by atoms with E-state index in [2.05, 4.69) is 10.6 Å². The van der Waals surface area contributed by atoms with Crippen molar-refractivity contribution in [1.82, 2.24) is 10.6 Å². The Morgan fingerprint density at radius 2 is 2.11 bits per heavy atom. The topological polar surface area (TPSA) is 54.3 Å². The average molecular weight is 279 g/mol. The van der Waals surface area contributed by atoms with E-state index in [-0.39, 0.29) is 12.1 Å². The Morgan fingerprint density at radius 3 is 2.79 bits per heavy atom. The molecule has 19 heavy (non-hydrogen) atoms. The first kappa shape index (κ1) is 13.5. The maximum Gasteiger partial charge on any atom is 0.315 e. The summed E-state index contributed by atoms with van der Waals surface area (Å²) >= 11 is 6.07. The predicted octanol–water partition coefficient (Wildman–Crippen LogP) is 3.49. The molecule has 2 rings (SSSR count). The summed E-state index contributed by atoms with van der Waals surface area (Å²) in [5.41, 5.74) is 0.886. The summed E-state index contributed by atoms with van der Waals surface area (Å²) in [7, 11) is 0. The highest BCUT2D eigenvalue weighted by atomic mass is 35.5. The first-order valence-electron chi connectivity index (χ1n) is 5.98. The highest BCUT2D eigenvalue weighted by Crippen LogP contribution is 2.21. The number of amides is 2. The van der Waals surface area contributed by atoms with Crippen LogP contribution in [0.15, 0.2) is 47.1 Å². The van der Waals surface area contributed by atoms with Crippen LogP contribution in [0.3, 0.4) is 0 Å². The van der Waals surface area contributed by atoms with E-state index in [0.29, 0.717) is 17.3 Å². The minimum absolute atomic E-state index is 0.162. The van der Waals surface area contributed by atoms with Gasteiger partial charge in [-0.3, -0.25) is 0 Å². The summed E-state index contributed by atoms with van der Waals surface area (Å²) in [5.74, 6) is 0.709. The number of halogens is 1. The minimum atomic E-state index is -0.260. The van der Waals surface area contributed by atoms with Crippen LogP contribution in [-0.4, -0.2) is 6.03 Å². The number of carbonyl (C=O) groups excluding carboxylic acids is 1. The largest absolute Gasteiger partial charge is 0.467 e. The molecule has 100 valence electrons. The van der Waals surface area contributed by atoms with Crippen LogP contribution in [0.2, 0.25) is 5.02 Å². The Morgan fingerprint density at radius 1 is 1.32 bits per heavy atom. The maximum absolute atomic E-state index is 11.7. The van der Waals surface area contributed by atoms with Gasteiger partial charge < -0.3 is 15.1 Å². The first-order valence-corrected chi connectivity index (χ1v) is 6.36. The number of nitrogens with one attached hydrogen (secondary N) is 2. The second-order valence-corrected chi connectivity index (χ2v) is 4.56. The number of benzene rings is 1. The zero-order valence-corrected chi connectivity index (χ0v) is 11.3. The number of urea groups is 1. The van der Waals surface area contributed by atoms with Crippen molar-refractivity contribution in [3.8, 4) is 0 Å². The van der Waals surface area contributed by atoms with Crippen molar-refractivity contribution in [3.05, 3.63) is 59.0 Å². The molecule has 5 heteroatoms. The molecule has 0 fully saturated rings. The quantitative estimate of drug-likeness (QED) is 0.899. The Bertz CT molecular complexity index is 540. The molecule has 4 nitrogen and oxygen atoms in total. The molecule has 0 saturated heterocycles. The van der Waals surface area contributed by atoms with Gasteiger partial charge in [-0.25, -0.2) is 4.79 Å². The van der Waals surface area contributed by atoms with E-state index in [1.54, 1.807) is 24.5 Å². The highest BCUT2D eigenvalue weighted by Gasteiger charge is 2.11. The van der Waals surface area contributed by atoms with Gasteiger partial charge in [-0.05, 0) is 30.7 Å². The van der Waals surface area contributed by atoms with E-state index < -0.39 is 0 Å². The molecule has 2 aromatic rings. The van der Waals surface area contributed by atoms with Gasteiger partial charge in [0.25, 0.3) is 0 Å². The highest BCUT2D eigenvalue weighted by molar-refractivity contribution is 6.31. The normalized spacial score (nSPS) is 11.9. The SMILES string of the molecule is C[C@@H](NC(=O)NCc1ccco1)c1ccccc1Cl. The van der Waals surface area contributed by atoms with Gasteiger partial charge in [0.15, 0.2) is 0 Å². The van der Waals surface area contributed by atoms with E-state index in [1.807, 2.05) is 25.1 Å². The summed E-state index contributed by atoms with van der Waals surface area (Å²) < 4.78 is 5.13. The molecule has 0 aliphatic carbocycles. The molecule has 2 amide bonds. The van der Waals surface area contributed by atoms with Crippen LogP contribution in [0, 0.1) is 0 Å². The maximum atomic E-state index is 11.7. The molecule has 1 aromatic carbocycles. The molecule has 1 aromatic heterocycles. The van der Waals surface area contributed by atoms with Gasteiger partial charge in [0.05, 0.1) is 18.8 Å². The second-order valence-electron chi connectivity index (χ2n) is 4.15. The molecule has 1 atom stereocenters. The number of rotatable bonds is 4. The first-order chi connectivity index (χ1) is 9.16. The van der Waals surface area contributed by atoms with E-state index in [9.17, 15) is 4.79 Å². The summed E-state index contributed by atoms with van der Waals surface area (Å²) in [4.78, 5) is 11.7. The van der Waals surface area contributed by atoms with E-state index in [1.165, 1.54) is 0 Å². The van der Waals surface area contributed by atoms with Crippen LogP contribution < -0.4 is 10.6 Å². The van der Waals surface area contributed by atoms with Crippen LogP contribution >= 0.6 is 11.6 Å². The number of hydrogen-bond donors (Lipinski definition) is 2. The van der Waals surface area contributed by atoms with Crippen molar-refractivity contribution in [2.24, 2.45) is 0 Å². The lowest BCUT2D eigenvalue weighted by Gasteiger charge is -2.15. The van der Waals surface area contributed by atoms with Gasteiger partial charge in [0, 0.05) is 5.02 Å². The van der Waals surface area contributed by atoms with Gasteiger partial charge >= 0.3 is 6.03 Å². The lowest BCUT2D eigenvalue weighted by molar-refractivity contribution is 0.236. The van der Waals surface area contributed by atoms with Crippen molar-refractivity contribution < 1.29 is 9.21 Å². The Kier molecular flexibility index (Phi) is 4.47. The Balaban J connectivity index is 1.87. The zero-order valence-electron chi connectivity index (χ0n) is 10.5.